The zero-order chi connectivity index (χ0) is 12.4. The fourth-order valence-electron chi connectivity index (χ4n) is 1.45. The Morgan fingerprint density at radius 3 is 2.24 bits per heavy atom. The fourth-order valence-corrected chi connectivity index (χ4v) is 2.53. The van der Waals surface area contributed by atoms with E-state index in [0.717, 1.165) is 10.5 Å². The summed E-state index contributed by atoms with van der Waals surface area (Å²) in [5.41, 5.74) is 6.94. The smallest absolute Gasteiger partial charge is 0.138 e. The minimum Gasteiger partial charge on any atom is -0.506 e. The third-order valence-corrected chi connectivity index (χ3v) is 3.83. The molecule has 0 aliphatic rings. The Morgan fingerprint density at radius 1 is 1.06 bits per heavy atom. The number of anilines is 1. The van der Waals surface area contributed by atoms with Gasteiger partial charge in [0.2, 0.25) is 0 Å². The van der Waals surface area contributed by atoms with Crippen molar-refractivity contribution in [3.05, 3.63) is 48.0 Å². The van der Waals surface area contributed by atoms with Gasteiger partial charge < -0.3 is 10.8 Å². The van der Waals surface area contributed by atoms with Gasteiger partial charge in [0.05, 0.1) is 16.5 Å². The molecule has 4 heteroatoms. The molecule has 0 saturated carbocycles. The van der Waals surface area contributed by atoms with Crippen LogP contribution in [0, 0.1) is 6.92 Å². The molecule has 0 radical (unpaired) electrons. The van der Waals surface area contributed by atoms with Crippen LogP contribution in [0.15, 0.2) is 52.3 Å². The van der Waals surface area contributed by atoms with E-state index in [-0.39, 0.29) is 11.4 Å². The number of aryl methyl sites for hydroxylation is 1. The lowest BCUT2D eigenvalue weighted by Gasteiger charge is -2.05. The van der Waals surface area contributed by atoms with E-state index in [1.807, 2.05) is 31.2 Å². The lowest BCUT2D eigenvalue weighted by molar-refractivity contribution is 0.477. The summed E-state index contributed by atoms with van der Waals surface area (Å²) in [4.78, 5) is 1.31. The van der Waals surface area contributed by atoms with Gasteiger partial charge in [0.1, 0.15) is 5.75 Å². The highest BCUT2D eigenvalue weighted by atomic mass is 32.2. The number of phenolic OH excluding ortho intramolecular Hbond substituents is 1. The molecule has 2 rings (SSSR count). The predicted molar refractivity (Wildman–Crippen MR) is 68.4 cm³/mol. The largest absolute Gasteiger partial charge is 0.506 e. The van der Waals surface area contributed by atoms with E-state index in [9.17, 15) is 9.32 Å². The van der Waals surface area contributed by atoms with Crippen molar-refractivity contribution in [1.82, 2.24) is 0 Å². The van der Waals surface area contributed by atoms with Gasteiger partial charge in [-0.3, -0.25) is 0 Å². The monoisotopic (exact) mass is 247 g/mol. The van der Waals surface area contributed by atoms with Crippen LogP contribution < -0.4 is 5.73 Å². The third kappa shape index (κ3) is 2.47. The maximum Gasteiger partial charge on any atom is 0.138 e. The molecule has 17 heavy (non-hydrogen) atoms. The highest BCUT2D eigenvalue weighted by Gasteiger charge is 2.08. The van der Waals surface area contributed by atoms with Gasteiger partial charge in [0.25, 0.3) is 0 Å². The number of rotatable bonds is 2. The summed E-state index contributed by atoms with van der Waals surface area (Å²) in [6.45, 7) is 1.98. The molecule has 0 fully saturated rings. The Bertz CT molecular complexity index is 564. The number of nitrogen functional groups attached to an aromatic ring is 1. The van der Waals surface area contributed by atoms with E-state index in [1.54, 1.807) is 6.07 Å². The van der Waals surface area contributed by atoms with Gasteiger partial charge in [-0.05, 0) is 37.3 Å². The molecule has 88 valence electrons. The van der Waals surface area contributed by atoms with Crippen LogP contribution in [0.1, 0.15) is 5.56 Å². The van der Waals surface area contributed by atoms with Crippen molar-refractivity contribution in [1.29, 1.82) is 0 Å². The van der Waals surface area contributed by atoms with Crippen molar-refractivity contribution in [3.8, 4) is 5.75 Å². The van der Waals surface area contributed by atoms with Crippen LogP contribution in [0.4, 0.5) is 5.69 Å². The van der Waals surface area contributed by atoms with Gasteiger partial charge in [-0.1, -0.05) is 17.7 Å². The van der Waals surface area contributed by atoms with Crippen LogP contribution >= 0.6 is 0 Å². The fraction of sp³-hybridized carbons (Fsp3) is 0.0769. The number of phenols is 1. The van der Waals surface area contributed by atoms with Gasteiger partial charge in [-0.15, -0.1) is 0 Å². The molecule has 2 aromatic rings. The summed E-state index contributed by atoms with van der Waals surface area (Å²) < 4.78 is 12.2. The Kier molecular flexibility index (Phi) is 3.15. The molecule has 0 saturated heterocycles. The molecule has 0 heterocycles. The van der Waals surface area contributed by atoms with Crippen LogP contribution in [0.3, 0.4) is 0 Å². The molecular formula is C13H13NO2S. The lowest BCUT2D eigenvalue weighted by Crippen LogP contribution is -1.95. The lowest BCUT2D eigenvalue weighted by atomic mass is 10.2. The third-order valence-electron chi connectivity index (χ3n) is 2.45. The SMILES string of the molecule is Cc1ccc(S(=O)c2ccc(O)c(N)c2)cc1. The molecule has 0 amide bonds. The van der Waals surface area contributed by atoms with Crippen molar-refractivity contribution in [2.24, 2.45) is 0 Å². The molecule has 0 aliphatic carbocycles. The summed E-state index contributed by atoms with van der Waals surface area (Å²) in [6, 6.07) is 12.1. The molecule has 1 atom stereocenters. The summed E-state index contributed by atoms with van der Waals surface area (Å²) in [5.74, 6) is 0.00894. The maximum atomic E-state index is 12.2. The van der Waals surface area contributed by atoms with Gasteiger partial charge in [0, 0.05) is 9.79 Å². The van der Waals surface area contributed by atoms with Crippen LogP contribution in [-0.2, 0) is 10.8 Å². The minimum atomic E-state index is -1.26. The Morgan fingerprint density at radius 2 is 1.65 bits per heavy atom. The van der Waals surface area contributed by atoms with E-state index in [1.165, 1.54) is 12.1 Å². The molecule has 0 aliphatic heterocycles. The van der Waals surface area contributed by atoms with Crippen molar-refractivity contribution < 1.29 is 9.32 Å². The first kappa shape index (κ1) is 11.7. The van der Waals surface area contributed by atoms with E-state index in [4.69, 9.17) is 5.73 Å². The number of aromatic hydroxyl groups is 1. The van der Waals surface area contributed by atoms with E-state index < -0.39 is 10.8 Å². The summed E-state index contributed by atoms with van der Waals surface area (Å²) in [6.07, 6.45) is 0. The van der Waals surface area contributed by atoms with Crippen molar-refractivity contribution in [2.75, 3.05) is 5.73 Å². The van der Waals surface area contributed by atoms with E-state index >= 15 is 0 Å². The topological polar surface area (TPSA) is 63.3 Å². The average Bonchev–Trinajstić information content (AvgIpc) is 2.33. The number of nitrogens with two attached hydrogens (primary N) is 1. The molecule has 1 unspecified atom stereocenters. The maximum absolute atomic E-state index is 12.2. The molecule has 0 spiro atoms. The van der Waals surface area contributed by atoms with Gasteiger partial charge in [0.15, 0.2) is 0 Å². The van der Waals surface area contributed by atoms with Crippen molar-refractivity contribution >= 4 is 16.5 Å². The number of hydrogen-bond acceptors (Lipinski definition) is 3. The molecule has 3 N–H and O–H groups in total. The second kappa shape index (κ2) is 4.59. The first-order valence-electron chi connectivity index (χ1n) is 5.15. The molecule has 0 bridgehead atoms. The molecule has 0 aromatic heterocycles. The number of benzene rings is 2. The zero-order valence-corrected chi connectivity index (χ0v) is 10.2. The Balaban J connectivity index is 2.37. The summed E-state index contributed by atoms with van der Waals surface area (Å²) in [5, 5.41) is 9.31. The Hall–Kier alpha value is -1.81. The van der Waals surface area contributed by atoms with Gasteiger partial charge in [-0.25, -0.2) is 4.21 Å². The highest BCUT2D eigenvalue weighted by molar-refractivity contribution is 7.85. The quantitative estimate of drug-likeness (QED) is 0.633. The van der Waals surface area contributed by atoms with Crippen LogP contribution in [0.5, 0.6) is 5.75 Å². The molecule has 2 aromatic carbocycles. The van der Waals surface area contributed by atoms with Crippen molar-refractivity contribution in [3.63, 3.8) is 0 Å². The minimum absolute atomic E-state index is 0.00894. The first-order chi connectivity index (χ1) is 8.08. The first-order valence-corrected chi connectivity index (χ1v) is 6.30. The highest BCUT2D eigenvalue weighted by Crippen LogP contribution is 2.25. The van der Waals surface area contributed by atoms with E-state index in [0.29, 0.717) is 4.90 Å². The summed E-state index contributed by atoms with van der Waals surface area (Å²) in [7, 11) is -1.26. The molecule has 3 nitrogen and oxygen atoms in total. The molecular weight excluding hydrogens is 234 g/mol. The average molecular weight is 247 g/mol. The number of hydrogen-bond donors (Lipinski definition) is 2. The van der Waals surface area contributed by atoms with E-state index in [2.05, 4.69) is 0 Å². The summed E-state index contributed by atoms with van der Waals surface area (Å²) >= 11 is 0. The van der Waals surface area contributed by atoms with Gasteiger partial charge >= 0.3 is 0 Å². The normalized spacial score (nSPS) is 12.3. The predicted octanol–water partition coefficient (Wildman–Crippen LogP) is 2.45. The zero-order valence-electron chi connectivity index (χ0n) is 9.38. The van der Waals surface area contributed by atoms with Gasteiger partial charge in [-0.2, -0.15) is 0 Å². The van der Waals surface area contributed by atoms with Crippen LogP contribution in [-0.4, -0.2) is 9.32 Å². The van der Waals surface area contributed by atoms with Crippen LogP contribution in [0.25, 0.3) is 0 Å². The second-order valence-corrected chi connectivity index (χ2v) is 5.28. The van der Waals surface area contributed by atoms with Crippen molar-refractivity contribution in [2.45, 2.75) is 16.7 Å². The second-order valence-electron chi connectivity index (χ2n) is 3.80. The standard InChI is InChI=1S/C13H13NO2S/c1-9-2-4-10(5-3-9)17(16)11-6-7-13(15)12(14)8-11/h2-8,15H,14H2,1H3. The van der Waals surface area contributed by atoms with Crippen LogP contribution in [0.2, 0.25) is 0 Å². The Labute approximate surface area is 102 Å².